The molecule has 29 heavy (non-hydrogen) atoms. The molecule has 0 aliphatic heterocycles. The van der Waals surface area contributed by atoms with Gasteiger partial charge in [0.25, 0.3) is 5.22 Å². The quantitative estimate of drug-likeness (QED) is 0.498. The van der Waals surface area contributed by atoms with Crippen molar-refractivity contribution in [3.8, 4) is 11.5 Å². The normalized spacial score (nSPS) is 12.6. The van der Waals surface area contributed by atoms with Gasteiger partial charge in [-0.2, -0.15) is 0 Å². The molecule has 1 amide bonds. The molecule has 0 N–H and O–H groups in total. The minimum absolute atomic E-state index is 0.0120. The van der Waals surface area contributed by atoms with Crippen LogP contribution in [0.5, 0.6) is 0 Å². The summed E-state index contributed by atoms with van der Waals surface area (Å²) in [5, 5.41) is 8.32. The third kappa shape index (κ3) is 5.07. The first kappa shape index (κ1) is 21.1. The second-order valence-corrected chi connectivity index (χ2v) is 9.17. The van der Waals surface area contributed by atoms with Gasteiger partial charge in [0.15, 0.2) is 0 Å². The monoisotopic (exact) mass is 409 g/mol. The van der Waals surface area contributed by atoms with E-state index in [2.05, 4.69) is 43.1 Å². The summed E-state index contributed by atoms with van der Waals surface area (Å²) in [6, 6.07) is 17.8. The van der Waals surface area contributed by atoms with Crippen LogP contribution in [0.2, 0.25) is 0 Å². The van der Waals surface area contributed by atoms with Crippen molar-refractivity contribution in [1.82, 2.24) is 10.2 Å². The molecule has 3 rings (SSSR count). The van der Waals surface area contributed by atoms with E-state index in [9.17, 15) is 4.79 Å². The number of hydrogen-bond acceptors (Lipinski definition) is 5. The van der Waals surface area contributed by atoms with Crippen LogP contribution in [-0.2, 0) is 10.2 Å². The number of benzene rings is 2. The van der Waals surface area contributed by atoms with Gasteiger partial charge in [0.2, 0.25) is 11.8 Å². The van der Waals surface area contributed by atoms with Crippen molar-refractivity contribution in [1.29, 1.82) is 0 Å². The van der Waals surface area contributed by atoms with Crippen molar-refractivity contribution in [3.05, 3.63) is 60.2 Å². The zero-order valence-corrected chi connectivity index (χ0v) is 18.4. The van der Waals surface area contributed by atoms with E-state index in [0.29, 0.717) is 17.7 Å². The highest BCUT2D eigenvalue weighted by molar-refractivity contribution is 8.00. The maximum absolute atomic E-state index is 12.9. The summed E-state index contributed by atoms with van der Waals surface area (Å²) < 4.78 is 5.81. The summed E-state index contributed by atoms with van der Waals surface area (Å²) >= 11 is 1.28. The Bertz CT molecular complexity index is 946. The first-order chi connectivity index (χ1) is 13.8. The van der Waals surface area contributed by atoms with Gasteiger partial charge in [0.05, 0.1) is 5.25 Å². The van der Waals surface area contributed by atoms with Crippen LogP contribution in [-0.4, -0.2) is 27.9 Å². The molecular formula is C23H27N3O2S. The van der Waals surface area contributed by atoms with Crippen LogP contribution in [0.4, 0.5) is 5.69 Å². The number of carbonyl (C=O) groups excluding carboxylic acids is 1. The van der Waals surface area contributed by atoms with Crippen molar-refractivity contribution in [3.63, 3.8) is 0 Å². The molecule has 5 nitrogen and oxygen atoms in total. The Morgan fingerprint density at radius 2 is 1.72 bits per heavy atom. The minimum Gasteiger partial charge on any atom is -0.411 e. The van der Waals surface area contributed by atoms with E-state index in [1.807, 2.05) is 56.3 Å². The Balaban J connectivity index is 1.70. The second kappa shape index (κ2) is 8.82. The average Bonchev–Trinajstić information content (AvgIpc) is 3.17. The highest BCUT2D eigenvalue weighted by Crippen LogP contribution is 2.29. The van der Waals surface area contributed by atoms with Crippen molar-refractivity contribution < 1.29 is 9.21 Å². The summed E-state index contributed by atoms with van der Waals surface area (Å²) in [7, 11) is 0. The molecule has 0 bridgehead atoms. The molecule has 0 radical (unpaired) electrons. The number of amides is 1. The molecule has 2 aromatic carbocycles. The SMILES string of the molecule is CCN(C(=O)[C@H](C)Sc1nnc(-c2ccc(C(C)(C)C)cc2)o1)c1ccccc1. The van der Waals surface area contributed by atoms with E-state index < -0.39 is 0 Å². The predicted octanol–water partition coefficient (Wildman–Crippen LogP) is 5.57. The van der Waals surface area contributed by atoms with Gasteiger partial charge in [-0.05, 0) is 49.1 Å². The van der Waals surface area contributed by atoms with E-state index in [0.717, 1.165) is 11.3 Å². The maximum atomic E-state index is 12.9. The Morgan fingerprint density at radius 1 is 1.07 bits per heavy atom. The van der Waals surface area contributed by atoms with Gasteiger partial charge in [0.1, 0.15) is 0 Å². The molecule has 0 aliphatic carbocycles. The molecule has 1 heterocycles. The lowest BCUT2D eigenvalue weighted by Crippen LogP contribution is -2.36. The van der Waals surface area contributed by atoms with Crippen molar-refractivity contribution >= 4 is 23.4 Å². The number of aromatic nitrogens is 2. The van der Waals surface area contributed by atoms with E-state index >= 15 is 0 Å². The zero-order valence-electron chi connectivity index (χ0n) is 17.5. The fourth-order valence-corrected chi connectivity index (χ4v) is 3.73. The lowest BCUT2D eigenvalue weighted by molar-refractivity contribution is -0.117. The third-order valence-corrected chi connectivity index (χ3v) is 5.60. The second-order valence-electron chi connectivity index (χ2n) is 7.88. The number of nitrogens with zero attached hydrogens (tertiary/aromatic N) is 3. The van der Waals surface area contributed by atoms with Crippen LogP contribution >= 0.6 is 11.8 Å². The van der Waals surface area contributed by atoms with Gasteiger partial charge in [-0.3, -0.25) is 4.79 Å². The van der Waals surface area contributed by atoms with Crippen LogP contribution in [0.1, 0.15) is 40.2 Å². The molecule has 1 atom stereocenters. The van der Waals surface area contributed by atoms with Crippen LogP contribution in [0.15, 0.2) is 64.2 Å². The Kier molecular flexibility index (Phi) is 6.42. The highest BCUT2D eigenvalue weighted by atomic mass is 32.2. The van der Waals surface area contributed by atoms with Gasteiger partial charge in [-0.25, -0.2) is 0 Å². The fraction of sp³-hybridized carbons (Fsp3) is 0.348. The van der Waals surface area contributed by atoms with Crippen LogP contribution in [0.25, 0.3) is 11.5 Å². The molecule has 0 unspecified atom stereocenters. The van der Waals surface area contributed by atoms with Gasteiger partial charge in [0, 0.05) is 17.8 Å². The first-order valence-electron chi connectivity index (χ1n) is 9.77. The minimum atomic E-state index is -0.341. The lowest BCUT2D eigenvalue weighted by Gasteiger charge is -2.23. The number of hydrogen-bond donors (Lipinski definition) is 0. The molecule has 1 aromatic heterocycles. The summed E-state index contributed by atoms with van der Waals surface area (Å²) in [5.41, 5.74) is 3.09. The van der Waals surface area contributed by atoms with Gasteiger partial charge in [-0.1, -0.05) is 62.9 Å². The summed E-state index contributed by atoms with van der Waals surface area (Å²) in [6.07, 6.45) is 0. The Labute approximate surface area is 176 Å². The van der Waals surface area contributed by atoms with E-state index in [1.165, 1.54) is 17.3 Å². The van der Waals surface area contributed by atoms with Crippen LogP contribution in [0.3, 0.4) is 0 Å². The lowest BCUT2D eigenvalue weighted by atomic mass is 9.87. The van der Waals surface area contributed by atoms with Crippen molar-refractivity contribution in [2.24, 2.45) is 0 Å². The molecule has 0 saturated carbocycles. The third-order valence-electron chi connectivity index (χ3n) is 4.68. The Morgan fingerprint density at radius 3 is 2.31 bits per heavy atom. The number of carbonyl (C=O) groups is 1. The Hall–Kier alpha value is -2.60. The molecule has 0 saturated heterocycles. The number of anilines is 1. The fourth-order valence-electron chi connectivity index (χ4n) is 2.98. The topological polar surface area (TPSA) is 59.2 Å². The van der Waals surface area contributed by atoms with E-state index in [4.69, 9.17) is 4.42 Å². The summed E-state index contributed by atoms with van der Waals surface area (Å²) in [6.45, 7) is 11.0. The molecule has 3 aromatic rings. The van der Waals surface area contributed by atoms with Gasteiger partial charge in [-0.15, -0.1) is 10.2 Å². The number of para-hydroxylation sites is 1. The van der Waals surface area contributed by atoms with E-state index in [1.54, 1.807) is 4.90 Å². The summed E-state index contributed by atoms with van der Waals surface area (Å²) in [5.74, 6) is 0.473. The molecule has 0 aliphatic rings. The van der Waals surface area contributed by atoms with Crippen molar-refractivity contribution in [2.75, 3.05) is 11.4 Å². The molecule has 0 fully saturated rings. The molecule has 0 spiro atoms. The van der Waals surface area contributed by atoms with Crippen LogP contribution in [0, 0.1) is 0 Å². The summed E-state index contributed by atoms with van der Waals surface area (Å²) in [4.78, 5) is 14.7. The predicted molar refractivity (Wildman–Crippen MR) is 118 cm³/mol. The first-order valence-corrected chi connectivity index (χ1v) is 10.6. The van der Waals surface area contributed by atoms with E-state index in [-0.39, 0.29) is 16.6 Å². The molecule has 152 valence electrons. The molecular weight excluding hydrogens is 382 g/mol. The van der Waals surface area contributed by atoms with Crippen molar-refractivity contribution in [2.45, 2.75) is 50.5 Å². The van der Waals surface area contributed by atoms with Gasteiger partial charge >= 0.3 is 0 Å². The smallest absolute Gasteiger partial charge is 0.277 e. The maximum Gasteiger partial charge on any atom is 0.277 e. The zero-order chi connectivity index (χ0) is 21.0. The van der Waals surface area contributed by atoms with Gasteiger partial charge < -0.3 is 9.32 Å². The van der Waals surface area contributed by atoms with Crippen LogP contribution < -0.4 is 4.90 Å². The number of thioether (sulfide) groups is 1. The molecule has 6 heteroatoms. The average molecular weight is 410 g/mol. The standard InChI is InChI=1S/C23H27N3O2S/c1-6-26(19-10-8-7-9-11-19)21(27)16(2)29-22-25-24-20(28-22)17-12-14-18(15-13-17)23(3,4)5/h7-16H,6H2,1-5H3/t16-/m0/s1. The number of rotatable bonds is 6. The largest absolute Gasteiger partial charge is 0.411 e. The highest BCUT2D eigenvalue weighted by Gasteiger charge is 2.24.